The van der Waals surface area contributed by atoms with Crippen molar-refractivity contribution < 1.29 is 9.16 Å². The molecule has 0 radical (unpaired) electrons. The SMILES string of the molecule is CCCCCCc1nc(-c2cc(C)c(OC)c(C)c2)cc2c1[Si](C(C)C)(C(C)C)O[C@H]2c1ccccc1. The van der Waals surface area contributed by atoms with Gasteiger partial charge >= 0.3 is 0 Å². The van der Waals surface area contributed by atoms with Crippen LogP contribution in [0.4, 0.5) is 0 Å². The molecule has 1 aromatic heterocycles. The number of hydrogen-bond acceptors (Lipinski definition) is 3. The van der Waals surface area contributed by atoms with Gasteiger partial charge in [-0.3, -0.25) is 4.98 Å². The van der Waals surface area contributed by atoms with E-state index in [1.807, 2.05) is 0 Å². The molecule has 0 fully saturated rings. The van der Waals surface area contributed by atoms with Gasteiger partial charge in [0.15, 0.2) is 0 Å². The molecule has 1 aliphatic heterocycles. The van der Waals surface area contributed by atoms with Gasteiger partial charge in [0.2, 0.25) is 8.32 Å². The molecule has 2 aromatic carbocycles. The van der Waals surface area contributed by atoms with E-state index in [1.54, 1.807) is 7.11 Å². The van der Waals surface area contributed by atoms with Gasteiger partial charge in [-0.25, -0.2) is 0 Å². The molecular formula is C33H45NO2Si. The van der Waals surface area contributed by atoms with E-state index in [0.717, 1.165) is 34.6 Å². The fourth-order valence-electron chi connectivity index (χ4n) is 6.45. The molecule has 1 aliphatic rings. The van der Waals surface area contributed by atoms with E-state index >= 15 is 0 Å². The number of rotatable bonds is 10. The normalized spacial score (nSPS) is 16.4. The topological polar surface area (TPSA) is 31.4 Å². The van der Waals surface area contributed by atoms with Crippen molar-refractivity contribution in [1.82, 2.24) is 4.98 Å². The van der Waals surface area contributed by atoms with Crippen molar-refractivity contribution in [3.05, 3.63) is 76.5 Å². The van der Waals surface area contributed by atoms with E-state index in [9.17, 15) is 0 Å². The first-order valence-corrected chi connectivity index (χ1v) is 16.2. The number of nitrogens with zero attached hydrogens (tertiary/aromatic N) is 1. The molecule has 198 valence electrons. The molecule has 1 atom stereocenters. The van der Waals surface area contributed by atoms with Crippen LogP contribution in [0.5, 0.6) is 5.75 Å². The van der Waals surface area contributed by atoms with E-state index in [2.05, 4.69) is 97.0 Å². The van der Waals surface area contributed by atoms with Crippen LogP contribution >= 0.6 is 0 Å². The van der Waals surface area contributed by atoms with Gasteiger partial charge in [0.25, 0.3) is 0 Å². The highest BCUT2D eigenvalue weighted by Crippen LogP contribution is 2.47. The van der Waals surface area contributed by atoms with Gasteiger partial charge in [0.1, 0.15) is 5.75 Å². The van der Waals surface area contributed by atoms with Crippen molar-refractivity contribution in [2.24, 2.45) is 0 Å². The Hall–Kier alpha value is -2.43. The van der Waals surface area contributed by atoms with E-state index < -0.39 is 8.32 Å². The molecule has 0 unspecified atom stereocenters. The Morgan fingerprint density at radius 3 is 2.14 bits per heavy atom. The van der Waals surface area contributed by atoms with E-state index in [0.29, 0.717) is 11.1 Å². The van der Waals surface area contributed by atoms with Crippen LogP contribution in [-0.2, 0) is 10.8 Å². The smallest absolute Gasteiger partial charge is 0.232 e. The summed E-state index contributed by atoms with van der Waals surface area (Å²) >= 11 is 0. The van der Waals surface area contributed by atoms with E-state index in [1.165, 1.54) is 47.7 Å². The minimum atomic E-state index is -2.31. The van der Waals surface area contributed by atoms with Crippen LogP contribution in [0.2, 0.25) is 11.1 Å². The molecule has 0 amide bonds. The molecule has 3 nitrogen and oxygen atoms in total. The minimum absolute atomic E-state index is 0.0377. The molecule has 4 rings (SSSR count). The van der Waals surface area contributed by atoms with Crippen molar-refractivity contribution in [2.45, 2.75) is 97.8 Å². The van der Waals surface area contributed by atoms with Gasteiger partial charge in [0, 0.05) is 11.3 Å². The highest BCUT2D eigenvalue weighted by atomic mass is 28.4. The maximum absolute atomic E-state index is 7.35. The maximum atomic E-state index is 7.35. The van der Waals surface area contributed by atoms with Crippen LogP contribution in [0, 0.1) is 13.8 Å². The number of methoxy groups -OCH3 is 1. The zero-order valence-electron chi connectivity index (χ0n) is 24.2. The minimum Gasteiger partial charge on any atom is -0.496 e. The number of hydrogen-bond donors (Lipinski definition) is 0. The molecule has 4 heteroatoms. The van der Waals surface area contributed by atoms with Crippen molar-refractivity contribution >= 4 is 13.5 Å². The number of aryl methyl sites for hydroxylation is 3. The molecule has 2 heterocycles. The second-order valence-electron chi connectivity index (χ2n) is 11.4. The standard InChI is InChI=1S/C33H45NO2Si/c1-9-10-11-15-18-29-33-28(21-30(34-29)27-19-24(6)31(35-8)25(7)20-27)32(26-16-13-12-14-17-26)36-37(33,22(2)3)23(4)5/h12-14,16-17,19-23,32H,9-11,15,18H2,1-8H3/t32-/m0/s1. The average Bonchev–Trinajstić information content (AvgIpc) is 3.24. The second-order valence-corrected chi connectivity index (χ2v) is 16.0. The Morgan fingerprint density at radius 1 is 0.919 bits per heavy atom. The van der Waals surface area contributed by atoms with Gasteiger partial charge in [-0.05, 0) is 83.4 Å². The van der Waals surface area contributed by atoms with Crippen molar-refractivity contribution in [3.63, 3.8) is 0 Å². The summed E-state index contributed by atoms with van der Waals surface area (Å²) in [5.74, 6) is 0.959. The molecule has 0 spiro atoms. The number of unbranched alkanes of at least 4 members (excludes halogenated alkanes) is 3. The number of fused-ring (bicyclic) bond motifs is 1. The summed E-state index contributed by atoms with van der Waals surface area (Å²) in [5.41, 5.74) is 9.31. The van der Waals surface area contributed by atoms with Gasteiger partial charge in [0.05, 0.1) is 18.9 Å². The predicted molar refractivity (Wildman–Crippen MR) is 158 cm³/mol. The summed E-state index contributed by atoms with van der Waals surface area (Å²) in [6, 6.07) is 17.6. The lowest BCUT2D eigenvalue weighted by atomic mass is 9.96. The first-order valence-electron chi connectivity index (χ1n) is 14.2. The third kappa shape index (κ3) is 5.15. The lowest BCUT2D eigenvalue weighted by Gasteiger charge is -2.36. The molecule has 0 aliphatic carbocycles. The maximum Gasteiger partial charge on any atom is 0.232 e. The lowest BCUT2D eigenvalue weighted by Crippen LogP contribution is -2.54. The van der Waals surface area contributed by atoms with Crippen LogP contribution < -0.4 is 9.92 Å². The number of aromatic nitrogens is 1. The van der Waals surface area contributed by atoms with E-state index in [-0.39, 0.29) is 6.10 Å². The van der Waals surface area contributed by atoms with Crippen LogP contribution in [-0.4, -0.2) is 20.4 Å². The van der Waals surface area contributed by atoms with Gasteiger partial charge in [-0.2, -0.15) is 0 Å². The average molecular weight is 516 g/mol. The monoisotopic (exact) mass is 515 g/mol. The first kappa shape index (κ1) is 27.6. The molecular weight excluding hydrogens is 470 g/mol. The van der Waals surface area contributed by atoms with Crippen molar-refractivity contribution in [2.75, 3.05) is 7.11 Å². The Balaban J connectivity index is 1.97. The largest absolute Gasteiger partial charge is 0.496 e. The van der Waals surface area contributed by atoms with Gasteiger partial charge in [-0.15, -0.1) is 0 Å². The Kier molecular flexibility index (Phi) is 8.60. The summed E-state index contributed by atoms with van der Waals surface area (Å²) in [7, 11) is -0.559. The lowest BCUT2D eigenvalue weighted by molar-refractivity contribution is 0.243. The summed E-state index contributed by atoms with van der Waals surface area (Å²) < 4.78 is 13.0. The zero-order chi connectivity index (χ0) is 26.7. The molecule has 3 aromatic rings. The molecule has 0 saturated heterocycles. The number of ether oxygens (including phenoxy) is 1. The van der Waals surface area contributed by atoms with Crippen LogP contribution in [0.15, 0.2) is 48.5 Å². The van der Waals surface area contributed by atoms with Crippen molar-refractivity contribution in [1.29, 1.82) is 0 Å². The molecule has 37 heavy (non-hydrogen) atoms. The fraction of sp³-hybridized carbons (Fsp3) is 0.485. The highest BCUT2D eigenvalue weighted by Gasteiger charge is 2.54. The summed E-state index contributed by atoms with van der Waals surface area (Å²) in [6.45, 7) is 16.0. The summed E-state index contributed by atoms with van der Waals surface area (Å²) in [5, 5.41) is 1.48. The summed E-state index contributed by atoms with van der Waals surface area (Å²) in [4.78, 5) is 5.45. The van der Waals surface area contributed by atoms with E-state index in [4.69, 9.17) is 14.1 Å². The van der Waals surface area contributed by atoms with Crippen LogP contribution in [0.1, 0.15) is 94.4 Å². The van der Waals surface area contributed by atoms with Gasteiger partial charge in [-0.1, -0.05) is 84.2 Å². The zero-order valence-corrected chi connectivity index (χ0v) is 25.2. The van der Waals surface area contributed by atoms with Crippen molar-refractivity contribution in [3.8, 4) is 17.0 Å². The third-order valence-corrected chi connectivity index (χ3v) is 13.6. The first-order chi connectivity index (χ1) is 17.7. The molecule has 0 N–H and O–H groups in total. The Morgan fingerprint density at radius 2 is 1.57 bits per heavy atom. The fourth-order valence-corrected chi connectivity index (χ4v) is 11.5. The van der Waals surface area contributed by atoms with Crippen LogP contribution in [0.3, 0.4) is 0 Å². The molecule has 0 bridgehead atoms. The third-order valence-electron chi connectivity index (χ3n) is 8.16. The summed E-state index contributed by atoms with van der Waals surface area (Å²) in [6.07, 6.45) is 5.92. The van der Waals surface area contributed by atoms with Gasteiger partial charge < -0.3 is 9.16 Å². The Labute approximate surface area is 225 Å². The van der Waals surface area contributed by atoms with Crippen LogP contribution in [0.25, 0.3) is 11.3 Å². The highest BCUT2D eigenvalue weighted by molar-refractivity contribution is 6.90. The molecule has 0 saturated carbocycles. The Bertz CT molecular complexity index is 1190. The number of benzene rings is 2. The second kappa shape index (κ2) is 11.5. The number of pyridine rings is 1. The predicted octanol–water partition coefficient (Wildman–Crippen LogP) is 8.59. The quantitative estimate of drug-likeness (QED) is 0.200.